The van der Waals surface area contributed by atoms with E-state index in [0.29, 0.717) is 0 Å². The van der Waals surface area contributed by atoms with Gasteiger partial charge in [0.1, 0.15) is 11.5 Å². The summed E-state index contributed by atoms with van der Waals surface area (Å²) in [5.41, 5.74) is 4.20. The molecule has 1 unspecified atom stereocenters. The topological polar surface area (TPSA) is 39.2 Å². The second kappa shape index (κ2) is 5.78. The quantitative estimate of drug-likeness (QED) is 0.424. The minimum absolute atomic E-state index is 0.746. The minimum Gasteiger partial charge on any atom is -0.456 e. The lowest BCUT2D eigenvalue weighted by atomic mass is 9.91. The van der Waals surface area contributed by atoms with Crippen LogP contribution in [0.15, 0.2) is 78.0 Å². The van der Waals surface area contributed by atoms with E-state index in [4.69, 9.17) is 4.74 Å². The molecule has 0 amide bonds. The molecule has 2 heterocycles. The Morgan fingerprint density at radius 1 is 0.885 bits per heavy atom. The molecule has 1 atom stereocenters. The van der Waals surface area contributed by atoms with Crippen LogP contribution in [0.4, 0.5) is 0 Å². The number of pyridine rings is 1. The van der Waals surface area contributed by atoms with E-state index in [0.717, 1.165) is 49.4 Å². The Bertz CT molecular complexity index is 1200. The van der Waals surface area contributed by atoms with Crippen molar-refractivity contribution in [2.75, 3.05) is 6.26 Å². The summed E-state index contributed by atoms with van der Waals surface area (Å²) >= 11 is 0. The second-order valence-electron chi connectivity index (χ2n) is 6.30. The maximum Gasteiger partial charge on any atom is 0.135 e. The SMILES string of the molecule is CS(=O)c1cnccc1-c1cc2c3c(cccc3c1)Oc1ccccc1-2. The Kier molecular flexibility index (Phi) is 3.40. The van der Waals surface area contributed by atoms with E-state index in [1.807, 2.05) is 36.4 Å². The van der Waals surface area contributed by atoms with Gasteiger partial charge in [-0.2, -0.15) is 0 Å². The van der Waals surface area contributed by atoms with Gasteiger partial charge in [0, 0.05) is 35.2 Å². The number of ether oxygens (including phenoxy) is 1. The van der Waals surface area contributed by atoms with Gasteiger partial charge < -0.3 is 4.74 Å². The zero-order valence-corrected chi connectivity index (χ0v) is 14.9. The molecule has 0 bridgehead atoms. The maximum absolute atomic E-state index is 12.2. The Morgan fingerprint density at radius 2 is 1.73 bits per heavy atom. The molecule has 126 valence electrons. The lowest BCUT2D eigenvalue weighted by molar-refractivity contribution is 0.487. The number of nitrogens with zero attached hydrogens (tertiary/aromatic N) is 1. The summed E-state index contributed by atoms with van der Waals surface area (Å²) in [6.45, 7) is 0. The largest absolute Gasteiger partial charge is 0.456 e. The van der Waals surface area contributed by atoms with Gasteiger partial charge in [0.15, 0.2) is 0 Å². The van der Waals surface area contributed by atoms with Crippen LogP contribution in [0.1, 0.15) is 0 Å². The lowest BCUT2D eigenvalue weighted by Crippen LogP contribution is -1.98. The molecular weight excluding hydrogens is 342 g/mol. The molecule has 4 heteroatoms. The summed E-state index contributed by atoms with van der Waals surface area (Å²) in [4.78, 5) is 4.89. The van der Waals surface area contributed by atoms with Gasteiger partial charge in [0.2, 0.25) is 0 Å². The molecule has 0 N–H and O–H groups in total. The highest BCUT2D eigenvalue weighted by Gasteiger charge is 2.21. The average molecular weight is 357 g/mol. The summed E-state index contributed by atoms with van der Waals surface area (Å²) < 4.78 is 18.3. The number of rotatable bonds is 2. The van der Waals surface area contributed by atoms with Crippen molar-refractivity contribution < 1.29 is 8.95 Å². The van der Waals surface area contributed by atoms with Gasteiger partial charge in [-0.15, -0.1) is 0 Å². The first kappa shape index (κ1) is 15.3. The molecule has 0 saturated heterocycles. The fourth-order valence-corrected chi connectivity index (χ4v) is 4.30. The molecule has 1 aliphatic rings. The maximum atomic E-state index is 12.2. The molecule has 0 aliphatic carbocycles. The van der Waals surface area contributed by atoms with Crippen LogP contribution in [-0.2, 0) is 10.8 Å². The van der Waals surface area contributed by atoms with Crippen molar-refractivity contribution in [3.63, 3.8) is 0 Å². The standard InChI is InChI=1S/C22H15NO2S/c1-26(24)21-13-23-10-9-16(21)15-11-14-5-4-8-20-22(14)18(12-15)17-6-2-3-7-19(17)25-20/h2-13H,1H3. The van der Waals surface area contributed by atoms with Crippen molar-refractivity contribution >= 4 is 21.6 Å². The molecule has 26 heavy (non-hydrogen) atoms. The number of fused-ring (bicyclic) bond motifs is 2. The lowest BCUT2D eigenvalue weighted by Gasteiger charge is -2.22. The van der Waals surface area contributed by atoms with Crippen LogP contribution in [0.2, 0.25) is 0 Å². The van der Waals surface area contributed by atoms with Crippen molar-refractivity contribution in [1.82, 2.24) is 4.98 Å². The van der Waals surface area contributed by atoms with Crippen LogP contribution in [0.3, 0.4) is 0 Å². The molecule has 1 aliphatic heterocycles. The van der Waals surface area contributed by atoms with Gasteiger partial charge in [-0.3, -0.25) is 9.19 Å². The van der Waals surface area contributed by atoms with Gasteiger partial charge in [-0.25, -0.2) is 0 Å². The van der Waals surface area contributed by atoms with Crippen LogP contribution < -0.4 is 4.74 Å². The molecule has 5 rings (SSSR count). The highest BCUT2D eigenvalue weighted by atomic mass is 32.2. The molecule has 4 aromatic rings. The predicted molar refractivity (Wildman–Crippen MR) is 105 cm³/mol. The summed E-state index contributed by atoms with van der Waals surface area (Å²) in [6, 6.07) is 20.4. The predicted octanol–water partition coefficient (Wildman–Crippen LogP) is 5.41. The van der Waals surface area contributed by atoms with E-state index >= 15 is 0 Å². The summed E-state index contributed by atoms with van der Waals surface area (Å²) in [7, 11) is -1.11. The normalized spacial score (nSPS) is 13.1. The third-order valence-electron chi connectivity index (χ3n) is 4.74. The highest BCUT2D eigenvalue weighted by molar-refractivity contribution is 7.84. The summed E-state index contributed by atoms with van der Waals surface area (Å²) in [6.07, 6.45) is 5.12. The number of aromatic nitrogens is 1. The fourth-order valence-electron chi connectivity index (χ4n) is 3.59. The van der Waals surface area contributed by atoms with E-state index in [1.165, 1.54) is 0 Å². The molecule has 0 radical (unpaired) electrons. The van der Waals surface area contributed by atoms with Crippen molar-refractivity contribution in [3.05, 3.63) is 73.1 Å². The smallest absolute Gasteiger partial charge is 0.135 e. The minimum atomic E-state index is -1.11. The number of benzene rings is 3. The molecule has 1 aromatic heterocycles. The van der Waals surface area contributed by atoms with Crippen LogP contribution in [0, 0.1) is 0 Å². The monoisotopic (exact) mass is 357 g/mol. The zero-order valence-electron chi connectivity index (χ0n) is 14.1. The van der Waals surface area contributed by atoms with Crippen LogP contribution in [0.5, 0.6) is 11.5 Å². The Hall–Kier alpha value is -2.98. The number of hydrogen-bond acceptors (Lipinski definition) is 3. The zero-order chi connectivity index (χ0) is 17.7. The van der Waals surface area contributed by atoms with E-state index in [1.54, 1.807) is 18.6 Å². The van der Waals surface area contributed by atoms with Gasteiger partial charge in [0.05, 0.1) is 15.7 Å². The molecular formula is C22H15NO2S. The highest BCUT2D eigenvalue weighted by Crippen LogP contribution is 2.47. The Labute approximate surface area is 153 Å². The van der Waals surface area contributed by atoms with Crippen LogP contribution >= 0.6 is 0 Å². The second-order valence-corrected chi connectivity index (χ2v) is 7.65. The Balaban J connectivity index is 1.87. The van der Waals surface area contributed by atoms with Crippen molar-refractivity contribution in [2.24, 2.45) is 0 Å². The van der Waals surface area contributed by atoms with Crippen molar-refractivity contribution in [3.8, 4) is 33.8 Å². The first-order valence-electron chi connectivity index (χ1n) is 8.34. The molecule has 3 nitrogen and oxygen atoms in total. The fraction of sp³-hybridized carbons (Fsp3) is 0.0455. The van der Waals surface area contributed by atoms with Crippen LogP contribution in [-0.4, -0.2) is 15.4 Å². The number of para-hydroxylation sites is 1. The van der Waals surface area contributed by atoms with Gasteiger partial charge >= 0.3 is 0 Å². The summed E-state index contributed by atoms with van der Waals surface area (Å²) in [5, 5.41) is 2.22. The van der Waals surface area contributed by atoms with Gasteiger partial charge in [-0.1, -0.05) is 30.3 Å². The van der Waals surface area contributed by atoms with E-state index in [-0.39, 0.29) is 0 Å². The van der Waals surface area contributed by atoms with E-state index < -0.39 is 10.8 Å². The number of hydrogen-bond donors (Lipinski definition) is 0. The molecule has 0 spiro atoms. The van der Waals surface area contributed by atoms with Crippen molar-refractivity contribution in [2.45, 2.75) is 4.90 Å². The average Bonchev–Trinajstić information content (AvgIpc) is 2.68. The third kappa shape index (κ3) is 2.26. The Morgan fingerprint density at radius 3 is 2.62 bits per heavy atom. The first-order valence-corrected chi connectivity index (χ1v) is 9.90. The van der Waals surface area contributed by atoms with E-state index in [2.05, 4.69) is 29.2 Å². The molecule has 3 aromatic carbocycles. The van der Waals surface area contributed by atoms with Gasteiger partial charge in [-0.05, 0) is 46.8 Å². The summed E-state index contributed by atoms with van der Waals surface area (Å²) in [5.74, 6) is 1.73. The molecule has 0 fully saturated rings. The first-order chi connectivity index (χ1) is 12.7. The van der Waals surface area contributed by atoms with E-state index in [9.17, 15) is 4.21 Å². The molecule has 0 saturated carbocycles. The van der Waals surface area contributed by atoms with Gasteiger partial charge in [0.25, 0.3) is 0 Å². The third-order valence-corrected chi connectivity index (χ3v) is 5.69. The van der Waals surface area contributed by atoms with Crippen molar-refractivity contribution in [1.29, 1.82) is 0 Å². The van der Waals surface area contributed by atoms with Crippen LogP contribution in [0.25, 0.3) is 33.0 Å².